The summed E-state index contributed by atoms with van der Waals surface area (Å²) in [4.78, 5) is 38.2. The summed E-state index contributed by atoms with van der Waals surface area (Å²) in [6, 6.07) is 23.5. The molecule has 0 radical (unpaired) electrons. The Morgan fingerprint density at radius 2 is 1.64 bits per heavy atom. The van der Waals surface area contributed by atoms with Gasteiger partial charge >= 0.3 is 11.9 Å². The lowest BCUT2D eigenvalue weighted by molar-refractivity contribution is -0.276. The van der Waals surface area contributed by atoms with Crippen molar-refractivity contribution in [1.82, 2.24) is 10.2 Å². The maximum Gasteiger partial charge on any atom is 0.323 e. The van der Waals surface area contributed by atoms with Gasteiger partial charge in [-0.25, -0.2) is 0 Å². The summed E-state index contributed by atoms with van der Waals surface area (Å²) in [5, 5.41) is 21.3. The fourth-order valence-corrected chi connectivity index (χ4v) is 6.62. The quantitative estimate of drug-likeness (QED) is 0.177. The first-order valence-corrected chi connectivity index (χ1v) is 17.6. The zero-order valence-corrected chi connectivity index (χ0v) is 29.5. The van der Waals surface area contributed by atoms with Gasteiger partial charge in [-0.05, 0) is 80.5 Å². The van der Waals surface area contributed by atoms with Crippen LogP contribution in [0.5, 0.6) is 0 Å². The summed E-state index contributed by atoms with van der Waals surface area (Å²) >= 11 is 0. The number of carbonyl (C=O) groups is 3. The normalized spacial score (nSPS) is 22.6. The van der Waals surface area contributed by atoms with Gasteiger partial charge in [0.2, 0.25) is 5.91 Å². The van der Waals surface area contributed by atoms with Crippen LogP contribution in [0.3, 0.4) is 0 Å². The minimum Gasteiger partial charge on any atom is -0.481 e. The van der Waals surface area contributed by atoms with Crippen LogP contribution in [-0.2, 0) is 41.7 Å². The van der Waals surface area contributed by atoms with Crippen LogP contribution in [0.25, 0.3) is 11.1 Å². The van der Waals surface area contributed by atoms with Crippen molar-refractivity contribution in [3.05, 3.63) is 95.1 Å². The monoisotopic (exact) mass is 686 g/mol. The van der Waals surface area contributed by atoms with Crippen molar-refractivity contribution >= 4 is 17.8 Å². The van der Waals surface area contributed by atoms with Gasteiger partial charge in [-0.2, -0.15) is 0 Å². The van der Waals surface area contributed by atoms with Gasteiger partial charge in [0.1, 0.15) is 11.6 Å². The number of hydrogen-bond donors (Lipinski definition) is 3. The molecule has 1 amide bonds. The number of amides is 1. The van der Waals surface area contributed by atoms with Gasteiger partial charge < -0.3 is 29.7 Å². The molecule has 2 saturated heterocycles. The van der Waals surface area contributed by atoms with E-state index >= 15 is 0 Å². The number of benzene rings is 3. The van der Waals surface area contributed by atoms with Crippen LogP contribution in [-0.4, -0.2) is 63.8 Å². The van der Waals surface area contributed by atoms with E-state index in [1.807, 2.05) is 93.6 Å². The van der Waals surface area contributed by atoms with E-state index in [9.17, 15) is 19.5 Å². The topological polar surface area (TPSA) is 135 Å². The van der Waals surface area contributed by atoms with E-state index in [1.165, 1.54) is 0 Å². The predicted octanol–water partition coefficient (Wildman–Crippen LogP) is 6.31. The van der Waals surface area contributed by atoms with Crippen LogP contribution in [0.15, 0.2) is 72.8 Å². The number of likely N-dealkylation sites (tertiary alicyclic amines) is 1. The molecule has 3 aromatic rings. The van der Waals surface area contributed by atoms with Gasteiger partial charge in [0, 0.05) is 37.4 Å². The standard InChI is InChI=1S/C40H50N2O8/c1-26-34(24-42-21-7-10-33(42)38(47)50-40(2,3)4)48-39(49-37(26)30-15-13-27(25-43)14-16-30)31-19-17-29(18-20-31)32-9-5-8-28(22-32)23-41-35(44)11-6-12-36(45)46/h5,8-9,13-20,22,26,33-34,37,39,43H,6-7,10-12,21,23-25H2,1-4H3,(H,41,44)(H,45,46). The highest BCUT2D eigenvalue weighted by Crippen LogP contribution is 2.42. The molecule has 0 spiro atoms. The molecule has 5 atom stereocenters. The van der Waals surface area contributed by atoms with E-state index < -0.39 is 17.9 Å². The van der Waals surface area contributed by atoms with E-state index in [1.54, 1.807) is 0 Å². The van der Waals surface area contributed by atoms with Crippen molar-refractivity contribution in [2.24, 2.45) is 5.92 Å². The second-order valence-corrected chi connectivity index (χ2v) is 14.4. The Morgan fingerprint density at radius 1 is 0.920 bits per heavy atom. The van der Waals surface area contributed by atoms with Crippen molar-refractivity contribution < 1.29 is 38.8 Å². The van der Waals surface area contributed by atoms with E-state index in [4.69, 9.17) is 19.3 Å². The second-order valence-electron chi connectivity index (χ2n) is 14.4. The van der Waals surface area contributed by atoms with Gasteiger partial charge in [-0.3, -0.25) is 19.3 Å². The number of ether oxygens (including phenoxy) is 3. The first-order chi connectivity index (χ1) is 23.9. The molecule has 268 valence electrons. The molecular formula is C40H50N2O8. The molecule has 10 nitrogen and oxygen atoms in total. The Morgan fingerprint density at radius 3 is 2.32 bits per heavy atom. The van der Waals surface area contributed by atoms with Crippen molar-refractivity contribution in [3.63, 3.8) is 0 Å². The van der Waals surface area contributed by atoms with E-state index in [0.29, 0.717) is 19.5 Å². The molecule has 5 rings (SSSR count). The Kier molecular flexibility index (Phi) is 12.4. The molecule has 3 aromatic carbocycles. The zero-order valence-electron chi connectivity index (χ0n) is 29.5. The SMILES string of the molecule is CC1C(CN2CCCC2C(=O)OC(C)(C)C)OC(c2ccc(-c3cccc(CNC(=O)CCCC(=O)O)c3)cc2)OC1c1ccc(CO)cc1. The van der Waals surface area contributed by atoms with Crippen LogP contribution >= 0.6 is 0 Å². The van der Waals surface area contributed by atoms with Gasteiger partial charge in [0.15, 0.2) is 6.29 Å². The number of nitrogens with one attached hydrogen (secondary N) is 1. The van der Waals surface area contributed by atoms with Crippen molar-refractivity contribution in [1.29, 1.82) is 0 Å². The third-order valence-electron chi connectivity index (χ3n) is 9.31. The number of rotatable bonds is 13. The van der Waals surface area contributed by atoms with Crippen LogP contribution in [0.1, 0.15) is 94.4 Å². The minimum absolute atomic E-state index is 0.0224. The summed E-state index contributed by atoms with van der Waals surface area (Å²) < 4.78 is 19.1. The van der Waals surface area contributed by atoms with Crippen LogP contribution < -0.4 is 5.32 Å². The fraction of sp³-hybridized carbons (Fsp3) is 0.475. The van der Waals surface area contributed by atoms with E-state index in [0.717, 1.165) is 52.8 Å². The number of hydrogen-bond acceptors (Lipinski definition) is 8. The molecule has 50 heavy (non-hydrogen) atoms. The molecule has 0 aliphatic carbocycles. The number of carboxylic acid groups (broad SMARTS) is 1. The molecule has 0 saturated carbocycles. The highest BCUT2D eigenvalue weighted by atomic mass is 16.7. The molecule has 2 aliphatic rings. The number of nitrogens with zero attached hydrogens (tertiary/aromatic N) is 1. The number of aliphatic hydroxyl groups is 1. The Labute approximate surface area is 294 Å². The minimum atomic E-state index is -0.906. The highest BCUT2D eigenvalue weighted by molar-refractivity contribution is 5.77. The lowest BCUT2D eigenvalue weighted by atomic mass is 9.89. The fourth-order valence-electron chi connectivity index (χ4n) is 6.62. The molecule has 2 fully saturated rings. The third-order valence-corrected chi connectivity index (χ3v) is 9.31. The molecule has 2 heterocycles. The largest absolute Gasteiger partial charge is 0.481 e. The van der Waals surface area contributed by atoms with Crippen molar-refractivity contribution in [2.45, 2.75) is 103 Å². The average Bonchev–Trinajstić information content (AvgIpc) is 3.56. The number of carboxylic acids is 1. The van der Waals surface area contributed by atoms with Crippen LogP contribution in [0.4, 0.5) is 0 Å². The molecule has 10 heteroatoms. The van der Waals surface area contributed by atoms with Gasteiger partial charge in [-0.1, -0.05) is 73.7 Å². The van der Waals surface area contributed by atoms with Crippen LogP contribution in [0, 0.1) is 5.92 Å². The highest BCUT2D eigenvalue weighted by Gasteiger charge is 2.42. The average molecular weight is 687 g/mol. The molecule has 0 bridgehead atoms. The zero-order chi connectivity index (χ0) is 35.8. The molecule has 2 aliphatic heterocycles. The van der Waals surface area contributed by atoms with Crippen LogP contribution in [0.2, 0.25) is 0 Å². The summed E-state index contributed by atoms with van der Waals surface area (Å²) in [5.74, 6) is -1.30. The smallest absolute Gasteiger partial charge is 0.323 e. The van der Waals surface area contributed by atoms with Gasteiger partial charge in [-0.15, -0.1) is 0 Å². The Hall–Kier alpha value is -4.09. The summed E-state index contributed by atoms with van der Waals surface area (Å²) in [5.41, 5.74) is 5.08. The molecule has 0 aromatic heterocycles. The first kappa shape index (κ1) is 37.2. The summed E-state index contributed by atoms with van der Waals surface area (Å²) in [6.45, 7) is 9.48. The first-order valence-electron chi connectivity index (χ1n) is 17.6. The van der Waals surface area contributed by atoms with Crippen molar-refractivity contribution in [2.75, 3.05) is 13.1 Å². The molecular weight excluding hydrogens is 636 g/mol. The molecule has 3 N–H and O–H groups in total. The lowest BCUT2D eigenvalue weighted by Crippen LogP contribution is -2.48. The second kappa shape index (κ2) is 16.7. The number of aliphatic hydroxyl groups excluding tert-OH is 1. The number of carbonyl (C=O) groups excluding carboxylic acids is 2. The number of aliphatic carboxylic acids is 1. The van der Waals surface area contributed by atoms with E-state index in [-0.39, 0.29) is 55.5 Å². The summed E-state index contributed by atoms with van der Waals surface area (Å²) in [7, 11) is 0. The maximum atomic E-state index is 13.1. The predicted molar refractivity (Wildman–Crippen MR) is 189 cm³/mol. The summed E-state index contributed by atoms with van der Waals surface area (Å²) in [6.07, 6.45) is 0.986. The molecule has 5 unspecified atom stereocenters. The van der Waals surface area contributed by atoms with Gasteiger partial charge in [0.05, 0.1) is 18.8 Å². The Bertz CT molecular complexity index is 1600. The third kappa shape index (κ3) is 10.0. The maximum absolute atomic E-state index is 13.1. The van der Waals surface area contributed by atoms with Gasteiger partial charge in [0.25, 0.3) is 0 Å². The number of esters is 1. The van der Waals surface area contributed by atoms with Crippen molar-refractivity contribution in [3.8, 4) is 11.1 Å². The Balaban J connectivity index is 1.31. The lowest BCUT2D eigenvalue weighted by Gasteiger charge is -2.43. The van der Waals surface area contributed by atoms with E-state index in [2.05, 4.69) is 17.1 Å².